The standard InChI is InChI=1S/C15H19N3/c1-2-3-4-10-16-13-14-6-8-15(9-7-14)18-12-5-11-17-18/h2,5-9,11-12,16H,1,3-4,10,13H2. The summed E-state index contributed by atoms with van der Waals surface area (Å²) in [6.45, 7) is 5.66. The van der Waals surface area contributed by atoms with E-state index in [9.17, 15) is 0 Å². The Kier molecular flexibility index (Phi) is 4.73. The molecule has 3 nitrogen and oxygen atoms in total. The Morgan fingerprint density at radius 1 is 1.28 bits per heavy atom. The van der Waals surface area contributed by atoms with Crippen molar-refractivity contribution in [2.75, 3.05) is 6.54 Å². The molecule has 0 amide bonds. The van der Waals surface area contributed by atoms with Crippen LogP contribution < -0.4 is 5.32 Å². The third-order valence-corrected chi connectivity index (χ3v) is 2.80. The fourth-order valence-corrected chi connectivity index (χ4v) is 1.79. The molecule has 1 aromatic carbocycles. The van der Waals surface area contributed by atoms with E-state index >= 15 is 0 Å². The zero-order valence-corrected chi connectivity index (χ0v) is 10.5. The second kappa shape index (κ2) is 6.77. The van der Waals surface area contributed by atoms with Crippen LogP contribution in [0.3, 0.4) is 0 Å². The number of nitrogens with one attached hydrogen (secondary N) is 1. The largest absolute Gasteiger partial charge is 0.313 e. The number of benzene rings is 1. The van der Waals surface area contributed by atoms with E-state index in [1.54, 1.807) is 6.20 Å². The maximum absolute atomic E-state index is 4.20. The quantitative estimate of drug-likeness (QED) is 0.596. The number of rotatable bonds is 7. The second-order valence-electron chi connectivity index (χ2n) is 4.22. The van der Waals surface area contributed by atoms with E-state index in [1.165, 1.54) is 5.56 Å². The third kappa shape index (κ3) is 3.57. The van der Waals surface area contributed by atoms with Crippen molar-refractivity contribution in [2.45, 2.75) is 19.4 Å². The molecule has 2 aromatic rings. The summed E-state index contributed by atoms with van der Waals surface area (Å²) in [5.41, 5.74) is 2.39. The minimum absolute atomic E-state index is 0.913. The number of hydrogen-bond donors (Lipinski definition) is 1. The van der Waals surface area contributed by atoms with Crippen LogP contribution in [-0.4, -0.2) is 16.3 Å². The lowest BCUT2D eigenvalue weighted by Crippen LogP contribution is -2.14. The van der Waals surface area contributed by atoms with Gasteiger partial charge in [0.2, 0.25) is 0 Å². The molecule has 0 aliphatic heterocycles. The van der Waals surface area contributed by atoms with Gasteiger partial charge in [0, 0.05) is 18.9 Å². The molecule has 0 saturated heterocycles. The van der Waals surface area contributed by atoms with E-state index in [4.69, 9.17) is 0 Å². The smallest absolute Gasteiger partial charge is 0.0645 e. The van der Waals surface area contributed by atoms with Crippen LogP contribution in [0.1, 0.15) is 18.4 Å². The third-order valence-electron chi connectivity index (χ3n) is 2.80. The molecule has 0 radical (unpaired) electrons. The van der Waals surface area contributed by atoms with Crippen LogP contribution in [0.4, 0.5) is 0 Å². The van der Waals surface area contributed by atoms with Gasteiger partial charge < -0.3 is 5.32 Å². The van der Waals surface area contributed by atoms with Gasteiger partial charge in [-0.25, -0.2) is 4.68 Å². The maximum atomic E-state index is 4.20. The van der Waals surface area contributed by atoms with Crippen LogP contribution in [0.5, 0.6) is 0 Å². The van der Waals surface area contributed by atoms with Gasteiger partial charge in [0.15, 0.2) is 0 Å². The van der Waals surface area contributed by atoms with E-state index in [1.807, 2.05) is 23.0 Å². The van der Waals surface area contributed by atoms with Gasteiger partial charge in [-0.15, -0.1) is 6.58 Å². The Labute approximate surface area is 108 Å². The Morgan fingerprint density at radius 3 is 2.78 bits per heavy atom. The van der Waals surface area contributed by atoms with E-state index < -0.39 is 0 Å². The lowest BCUT2D eigenvalue weighted by molar-refractivity contribution is 0.655. The molecule has 0 aliphatic carbocycles. The highest BCUT2D eigenvalue weighted by Gasteiger charge is 1.96. The van der Waals surface area contributed by atoms with E-state index in [2.05, 4.69) is 41.3 Å². The van der Waals surface area contributed by atoms with Crippen LogP contribution in [-0.2, 0) is 6.54 Å². The molecule has 0 aliphatic rings. The number of hydrogen-bond acceptors (Lipinski definition) is 2. The van der Waals surface area contributed by atoms with Crippen molar-refractivity contribution in [3.05, 3.63) is 60.9 Å². The minimum atomic E-state index is 0.913. The highest BCUT2D eigenvalue weighted by Crippen LogP contribution is 2.08. The first-order valence-electron chi connectivity index (χ1n) is 6.31. The van der Waals surface area contributed by atoms with Crippen molar-refractivity contribution in [3.8, 4) is 5.69 Å². The highest BCUT2D eigenvalue weighted by atomic mass is 15.3. The minimum Gasteiger partial charge on any atom is -0.313 e. The summed E-state index contributed by atoms with van der Waals surface area (Å²) < 4.78 is 1.86. The molecule has 18 heavy (non-hydrogen) atoms. The molecular weight excluding hydrogens is 222 g/mol. The summed E-state index contributed by atoms with van der Waals surface area (Å²) in [7, 11) is 0. The summed E-state index contributed by atoms with van der Waals surface area (Å²) in [4.78, 5) is 0. The van der Waals surface area contributed by atoms with Crippen molar-refractivity contribution in [3.63, 3.8) is 0 Å². The molecule has 94 valence electrons. The van der Waals surface area contributed by atoms with Gasteiger partial charge >= 0.3 is 0 Å². The van der Waals surface area contributed by atoms with Crippen LogP contribution in [0.25, 0.3) is 5.69 Å². The van der Waals surface area contributed by atoms with E-state index in [0.717, 1.165) is 31.6 Å². The molecule has 1 N–H and O–H groups in total. The lowest BCUT2D eigenvalue weighted by atomic mass is 10.2. The zero-order valence-electron chi connectivity index (χ0n) is 10.5. The average molecular weight is 241 g/mol. The van der Waals surface area contributed by atoms with Crippen LogP contribution in [0, 0.1) is 0 Å². The Morgan fingerprint density at radius 2 is 2.11 bits per heavy atom. The Hall–Kier alpha value is -1.87. The van der Waals surface area contributed by atoms with Gasteiger partial charge in [-0.2, -0.15) is 5.10 Å². The predicted molar refractivity (Wildman–Crippen MR) is 74.7 cm³/mol. The van der Waals surface area contributed by atoms with Crippen molar-refractivity contribution in [1.29, 1.82) is 0 Å². The predicted octanol–water partition coefficient (Wildman–Crippen LogP) is 2.93. The molecule has 1 aromatic heterocycles. The summed E-state index contributed by atoms with van der Waals surface area (Å²) >= 11 is 0. The van der Waals surface area contributed by atoms with Crippen LogP contribution in [0.15, 0.2) is 55.4 Å². The summed E-state index contributed by atoms with van der Waals surface area (Å²) in [6, 6.07) is 10.4. The van der Waals surface area contributed by atoms with Crippen LogP contribution in [0.2, 0.25) is 0 Å². The molecule has 0 spiro atoms. The van der Waals surface area contributed by atoms with Crippen molar-refractivity contribution < 1.29 is 0 Å². The molecule has 0 unspecified atom stereocenters. The van der Waals surface area contributed by atoms with Crippen LogP contribution >= 0.6 is 0 Å². The van der Waals surface area contributed by atoms with Gasteiger partial charge in [0.1, 0.15) is 0 Å². The molecule has 0 atom stereocenters. The maximum Gasteiger partial charge on any atom is 0.0645 e. The van der Waals surface area contributed by atoms with Gasteiger partial charge in [-0.3, -0.25) is 0 Å². The zero-order chi connectivity index (χ0) is 12.6. The SMILES string of the molecule is C=CCCCNCc1ccc(-n2cccn2)cc1. The van der Waals surface area contributed by atoms with E-state index in [0.29, 0.717) is 0 Å². The normalized spacial score (nSPS) is 10.4. The van der Waals surface area contributed by atoms with Gasteiger partial charge in [0.25, 0.3) is 0 Å². The molecule has 0 saturated carbocycles. The summed E-state index contributed by atoms with van der Waals surface area (Å²) in [5, 5.41) is 7.62. The molecular formula is C15H19N3. The Balaban J connectivity index is 1.82. The molecule has 2 rings (SSSR count). The van der Waals surface area contributed by atoms with Gasteiger partial charge in [-0.05, 0) is 43.1 Å². The number of aromatic nitrogens is 2. The van der Waals surface area contributed by atoms with E-state index in [-0.39, 0.29) is 0 Å². The summed E-state index contributed by atoms with van der Waals surface area (Å²) in [5.74, 6) is 0. The number of nitrogens with zero attached hydrogens (tertiary/aromatic N) is 2. The second-order valence-corrected chi connectivity index (χ2v) is 4.22. The molecule has 0 fully saturated rings. The number of unbranched alkanes of at least 4 members (excludes halogenated alkanes) is 1. The highest BCUT2D eigenvalue weighted by molar-refractivity contribution is 5.33. The summed E-state index contributed by atoms with van der Waals surface area (Å²) in [6.07, 6.45) is 7.91. The first kappa shape index (κ1) is 12.6. The van der Waals surface area contributed by atoms with Gasteiger partial charge in [0.05, 0.1) is 5.69 Å². The van der Waals surface area contributed by atoms with Gasteiger partial charge in [-0.1, -0.05) is 18.2 Å². The van der Waals surface area contributed by atoms with Crippen molar-refractivity contribution in [2.24, 2.45) is 0 Å². The fourth-order valence-electron chi connectivity index (χ4n) is 1.79. The van der Waals surface area contributed by atoms with Crippen molar-refractivity contribution >= 4 is 0 Å². The lowest BCUT2D eigenvalue weighted by Gasteiger charge is -2.06. The molecule has 1 heterocycles. The fraction of sp³-hybridized carbons (Fsp3) is 0.267. The average Bonchev–Trinajstić information content (AvgIpc) is 2.93. The molecule has 3 heteroatoms. The molecule has 0 bridgehead atoms. The first-order valence-corrected chi connectivity index (χ1v) is 6.31. The first-order chi connectivity index (χ1) is 8.90. The Bertz CT molecular complexity index is 457. The topological polar surface area (TPSA) is 29.9 Å². The van der Waals surface area contributed by atoms with Crippen molar-refractivity contribution in [1.82, 2.24) is 15.1 Å². The monoisotopic (exact) mass is 241 g/mol. The number of allylic oxidation sites excluding steroid dienone is 1.